The Kier molecular flexibility index (Phi) is 4.88. The van der Waals surface area contributed by atoms with Crippen LogP contribution in [0, 0.1) is 0 Å². The third-order valence-corrected chi connectivity index (χ3v) is 8.51. The molecule has 2 aromatic rings. The number of fused-ring (bicyclic) bond motifs is 1. The summed E-state index contributed by atoms with van der Waals surface area (Å²) in [5.41, 5.74) is 1.01. The molecule has 0 unspecified atom stereocenters. The van der Waals surface area contributed by atoms with Gasteiger partial charge < -0.3 is 9.47 Å². The van der Waals surface area contributed by atoms with E-state index in [9.17, 15) is 16.8 Å². The predicted octanol–water partition coefficient (Wildman–Crippen LogP) is 1.08. The van der Waals surface area contributed by atoms with Crippen molar-refractivity contribution in [3.8, 4) is 5.75 Å². The zero-order valence-electron chi connectivity index (χ0n) is 13.2. The maximum atomic E-state index is 12.9. The third kappa shape index (κ3) is 3.71. The van der Waals surface area contributed by atoms with Gasteiger partial charge in [-0.1, -0.05) is 12.1 Å². The van der Waals surface area contributed by atoms with Gasteiger partial charge in [-0.25, -0.2) is 22.0 Å². The average molecular weight is 404 g/mol. The molecule has 11 heteroatoms. The number of sulfonamides is 2. The van der Waals surface area contributed by atoms with Gasteiger partial charge in [0.2, 0.25) is 10.0 Å². The largest absolute Gasteiger partial charge is 0.497 e. The first-order valence-corrected chi connectivity index (χ1v) is 10.9. The summed E-state index contributed by atoms with van der Waals surface area (Å²) in [5.74, 6) is 0.610. The smallest absolute Gasteiger partial charge is 0.255 e. The Labute approximate surface area is 149 Å². The number of methoxy groups -OCH3 is 1. The molecule has 0 amide bonds. The molecule has 25 heavy (non-hydrogen) atoms. The van der Waals surface area contributed by atoms with Crippen LogP contribution >= 0.6 is 11.3 Å². The van der Waals surface area contributed by atoms with Crippen LogP contribution < -0.4 is 9.88 Å². The maximum absolute atomic E-state index is 12.9. The number of ether oxygens (including phenoxy) is 2. The molecule has 1 aliphatic rings. The second-order valence-corrected chi connectivity index (χ2v) is 10.3. The van der Waals surface area contributed by atoms with Crippen LogP contribution in [0.25, 0.3) is 0 Å². The molecule has 2 N–H and O–H groups in total. The van der Waals surface area contributed by atoms with Crippen molar-refractivity contribution in [2.45, 2.75) is 21.6 Å². The topological polar surface area (TPSA) is 116 Å². The van der Waals surface area contributed by atoms with Crippen molar-refractivity contribution in [3.63, 3.8) is 0 Å². The molecule has 0 aliphatic carbocycles. The molecular weight excluding hydrogens is 388 g/mol. The van der Waals surface area contributed by atoms with Crippen LogP contribution in [0.1, 0.15) is 11.1 Å². The van der Waals surface area contributed by atoms with Gasteiger partial charge in [0, 0.05) is 12.1 Å². The second-order valence-electron chi connectivity index (χ2n) is 5.37. The Hall–Kier alpha value is -1.50. The van der Waals surface area contributed by atoms with Crippen LogP contribution in [0.5, 0.6) is 5.75 Å². The Morgan fingerprint density at radius 3 is 2.80 bits per heavy atom. The molecule has 0 fully saturated rings. The Balaban J connectivity index is 1.98. The molecule has 8 nitrogen and oxygen atoms in total. The molecule has 1 aliphatic heterocycles. The molecule has 1 aromatic heterocycles. The van der Waals surface area contributed by atoms with E-state index in [1.807, 2.05) is 0 Å². The normalized spacial score (nSPS) is 17.7. The molecule has 0 saturated heterocycles. The highest BCUT2D eigenvalue weighted by Crippen LogP contribution is 2.35. The Bertz CT molecular complexity index is 997. The van der Waals surface area contributed by atoms with Gasteiger partial charge in [-0.05, 0) is 23.8 Å². The number of nitrogens with zero attached hydrogens (tertiary/aromatic N) is 1. The van der Waals surface area contributed by atoms with Crippen LogP contribution in [-0.2, 0) is 37.9 Å². The Morgan fingerprint density at radius 2 is 2.12 bits per heavy atom. The number of benzene rings is 1. The highest BCUT2D eigenvalue weighted by molar-refractivity contribution is 7.93. The summed E-state index contributed by atoms with van der Waals surface area (Å²) in [5, 5.41) is 5.11. The molecule has 0 atom stereocenters. The quantitative estimate of drug-likeness (QED) is 0.815. The second kappa shape index (κ2) is 6.67. The summed E-state index contributed by atoms with van der Waals surface area (Å²) < 4.78 is 60.3. The van der Waals surface area contributed by atoms with E-state index >= 15 is 0 Å². The van der Waals surface area contributed by atoms with E-state index in [-0.39, 0.29) is 28.3 Å². The molecule has 136 valence electrons. The average Bonchev–Trinajstić information content (AvgIpc) is 2.95. The van der Waals surface area contributed by atoms with Gasteiger partial charge in [0.25, 0.3) is 10.0 Å². The highest BCUT2D eigenvalue weighted by Gasteiger charge is 2.34. The molecule has 0 radical (unpaired) electrons. The van der Waals surface area contributed by atoms with Crippen molar-refractivity contribution in [2.24, 2.45) is 5.14 Å². The summed E-state index contributed by atoms with van der Waals surface area (Å²) in [6.07, 6.45) is 0. The molecule has 2 heterocycles. The van der Waals surface area contributed by atoms with Gasteiger partial charge in [0.05, 0.1) is 13.7 Å². The highest BCUT2D eigenvalue weighted by atomic mass is 32.3. The van der Waals surface area contributed by atoms with Crippen molar-refractivity contribution < 1.29 is 26.3 Å². The zero-order chi connectivity index (χ0) is 18.2. The van der Waals surface area contributed by atoms with Crippen LogP contribution in [0.3, 0.4) is 0 Å². The van der Waals surface area contributed by atoms with Gasteiger partial charge in [0.1, 0.15) is 20.9 Å². The van der Waals surface area contributed by atoms with E-state index in [1.165, 1.54) is 13.2 Å². The van der Waals surface area contributed by atoms with E-state index in [2.05, 4.69) is 0 Å². The lowest BCUT2D eigenvalue weighted by atomic mass is 10.2. The Morgan fingerprint density at radius 1 is 1.36 bits per heavy atom. The van der Waals surface area contributed by atoms with Crippen molar-refractivity contribution in [2.75, 3.05) is 13.8 Å². The first-order chi connectivity index (χ1) is 11.7. The number of thiophene rings is 1. The van der Waals surface area contributed by atoms with Crippen LogP contribution in [0.15, 0.2) is 38.8 Å². The first kappa shape index (κ1) is 18.3. The van der Waals surface area contributed by atoms with Gasteiger partial charge in [-0.15, -0.1) is 11.3 Å². The van der Waals surface area contributed by atoms with Gasteiger partial charge in [0.15, 0.2) is 0 Å². The molecule has 0 bridgehead atoms. The van der Waals surface area contributed by atoms with Crippen LogP contribution in [0.4, 0.5) is 0 Å². The molecular formula is C14H16N2O6S3. The van der Waals surface area contributed by atoms with Crippen molar-refractivity contribution in [1.82, 2.24) is 4.31 Å². The van der Waals surface area contributed by atoms with E-state index in [0.717, 1.165) is 9.87 Å². The number of rotatable bonds is 4. The molecule has 3 rings (SSSR count). The summed E-state index contributed by atoms with van der Waals surface area (Å²) in [4.78, 5) is 0. The van der Waals surface area contributed by atoms with E-state index in [0.29, 0.717) is 22.6 Å². The van der Waals surface area contributed by atoms with Crippen molar-refractivity contribution in [1.29, 1.82) is 0 Å². The first-order valence-electron chi connectivity index (χ1n) is 7.08. The SMILES string of the molecule is COc1cccc(CN2COCc3cc(S(N)(=O)=O)sc3S2(=O)=O)c1. The summed E-state index contributed by atoms with van der Waals surface area (Å²) >= 11 is 0.637. The third-order valence-electron chi connectivity index (χ3n) is 3.59. The van der Waals surface area contributed by atoms with E-state index < -0.39 is 20.0 Å². The minimum atomic E-state index is -3.98. The minimum absolute atomic E-state index is 0.00477. The van der Waals surface area contributed by atoms with Crippen LogP contribution in [0.2, 0.25) is 0 Å². The number of nitrogens with two attached hydrogens (primary N) is 1. The number of hydrogen-bond donors (Lipinski definition) is 1. The summed E-state index contributed by atoms with van der Waals surface area (Å²) in [7, 11) is -6.37. The lowest BCUT2D eigenvalue weighted by molar-refractivity contribution is 0.0607. The standard InChI is InChI=1S/C14H16N2O6S3/c1-21-12-4-2-3-10(5-12)7-16-9-22-8-11-6-13(24(15,17)18)23-14(11)25(16,19)20/h2-6H,7-9H2,1H3,(H2,15,17,18). The fourth-order valence-electron chi connectivity index (χ4n) is 2.40. The monoisotopic (exact) mass is 404 g/mol. The summed E-state index contributed by atoms with van der Waals surface area (Å²) in [6.45, 7) is -0.0670. The number of hydrogen-bond acceptors (Lipinski definition) is 7. The minimum Gasteiger partial charge on any atom is -0.497 e. The van der Waals surface area contributed by atoms with Crippen molar-refractivity contribution in [3.05, 3.63) is 41.5 Å². The van der Waals surface area contributed by atoms with Gasteiger partial charge in [-0.2, -0.15) is 4.31 Å². The predicted molar refractivity (Wildman–Crippen MR) is 91.1 cm³/mol. The zero-order valence-corrected chi connectivity index (χ0v) is 15.7. The molecule has 1 aromatic carbocycles. The van der Waals surface area contributed by atoms with E-state index in [4.69, 9.17) is 14.6 Å². The maximum Gasteiger partial charge on any atom is 0.255 e. The lowest BCUT2D eigenvalue weighted by Crippen LogP contribution is -2.30. The van der Waals surface area contributed by atoms with Crippen molar-refractivity contribution >= 4 is 31.4 Å². The fourth-order valence-corrected chi connectivity index (χ4v) is 6.43. The lowest BCUT2D eigenvalue weighted by Gasteiger charge is -2.19. The number of primary sulfonamides is 1. The van der Waals surface area contributed by atoms with E-state index in [1.54, 1.807) is 24.3 Å². The molecule has 0 spiro atoms. The van der Waals surface area contributed by atoms with Crippen LogP contribution in [-0.4, -0.2) is 35.0 Å². The summed E-state index contributed by atoms with van der Waals surface area (Å²) in [6, 6.07) is 8.27. The van der Waals surface area contributed by atoms with Gasteiger partial charge >= 0.3 is 0 Å². The fraction of sp³-hybridized carbons (Fsp3) is 0.286. The van der Waals surface area contributed by atoms with Gasteiger partial charge in [-0.3, -0.25) is 0 Å². The molecule has 0 saturated carbocycles.